The highest BCUT2D eigenvalue weighted by Crippen LogP contribution is 2.08. The van der Waals surface area contributed by atoms with Crippen molar-refractivity contribution in [3.63, 3.8) is 0 Å². The van der Waals surface area contributed by atoms with Gasteiger partial charge in [-0.2, -0.15) is 0 Å². The van der Waals surface area contributed by atoms with E-state index in [4.69, 9.17) is 11.6 Å². The molecule has 16 heavy (non-hydrogen) atoms. The zero-order chi connectivity index (χ0) is 12.2. The van der Waals surface area contributed by atoms with Gasteiger partial charge in [-0.25, -0.2) is 0 Å². The first-order valence-electron chi connectivity index (χ1n) is 7.01. The van der Waals surface area contributed by atoms with Gasteiger partial charge in [0.05, 0.1) is 0 Å². The standard InChI is InChI=1S/C14H30ClN/c1-4-5-6-7-8-9-12-16-14(10-11-15)13(2)3/h13-14,16H,4-12H2,1-3H3. The van der Waals surface area contributed by atoms with Crippen molar-refractivity contribution in [3.8, 4) is 0 Å². The van der Waals surface area contributed by atoms with Crippen molar-refractivity contribution in [1.82, 2.24) is 5.32 Å². The molecule has 0 rings (SSSR count). The molecular formula is C14H30ClN. The normalized spacial score (nSPS) is 13.3. The fourth-order valence-corrected chi connectivity index (χ4v) is 2.22. The molecule has 0 aliphatic rings. The Morgan fingerprint density at radius 3 is 2.19 bits per heavy atom. The van der Waals surface area contributed by atoms with Gasteiger partial charge in [0, 0.05) is 11.9 Å². The van der Waals surface area contributed by atoms with Crippen LogP contribution in [0.15, 0.2) is 0 Å². The Bertz CT molecular complexity index is 137. The average Bonchev–Trinajstić information content (AvgIpc) is 2.26. The number of rotatable bonds is 11. The number of hydrogen-bond donors (Lipinski definition) is 1. The molecule has 1 atom stereocenters. The van der Waals surface area contributed by atoms with E-state index in [1.165, 1.54) is 38.5 Å². The maximum absolute atomic E-state index is 5.80. The van der Waals surface area contributed by atoms with E-state index in [-0.39, 0.29) is 0 Å². The minimum atomic E-state index is 0.605. The predicted octanol–water partition coefficient (Wildman–Crippen LogP) is 4.59. The molecule has 0 heterocycles. The van der Waals surface area contributed by atoms with Crippen LogP contribution in [0.4, 0.5) is 0 Å². The quantitative estimate of drug-likeness (QED) is 0.416. The van der Waals surface area contributed by atoms with Crippen molar-refractivity contribution < 1.29 is 0 Å². The molecule has 0 spiro atoms. The van der Waals surface area contributed by atoms with Gasteiger partial charge < -0.3 is 5.32 Å². The lowest BCUT2D eigenvalue weighted by Gasteiger charge is -2.21. The van der Waals surface area contributed by atoms with E-state index in [1.807, 2.05) is 0 Å². The number of nitrogens with one attached hydrogen (secondary N) is 1. The number of unbranched alkanes of at least 4 members (excludes halogenated alkanes) is 5. The predicted molar refractivity (Wildman–Crippen MR) is 75.3 cm³/mol. The monoisotopic (exact) mass is 247 g/mol. The lowest BCUT2D eigenvalue weighted by molar-refractivity contribution is 0.385. The maximum Gasteiger partial charge on any atom is 0.0238 e. The van der Waals surface area contributed by atoms with Crippen LogP contribution < -0.4 is 5.32 Å². The minimum Gasteiger partial charge on any atom is -0.314 e. The van der Waals surface area contributed by atoms with Gasteiger partial charge in [-0.1, -0.05) is 52.9 Å². The summed E-state index contributed by atoms with van der Waals surface area (Å²) in [6, 6.07) is 0.605. The van der Waals surface area contributed by atoms with Crippen molar-refractivity contribution in [1.29, 1.82) is 0 Å². The first kappa shape index (κ1) is 16.2. The van der Waals surface area contributed by atoms with Crippen LogP contribution in [0.25, 0.3) is 0 Å². The zero-order valence-corrected chi connectivity index (χ0v) is 12.2. The SMILES string of the molecule is CCCCCCCCNC(CCCl)C(C)C. The van der Waals surface area contributed by atoms with Crippen LogP contribution in [-0.2, 0) is 0 Å². The minimum absolute atomic E-state index is 0.605. The van der Waals surface area contributed by atoms with Gasteiger partial charge in [-0.05, 0) is 25.3 Å². The molecule has 0 aromatic rings. The topological polar surface area (TPSA) is 12.0 Å². The van der Waals surface area contributed by atoms with Crippen LogP contribution in [-0.4, -0.2) is 18.5 Å². The summed E-state index contributed by atoms with van der Waals surface area (Å²) in [4.78, 5) is 0. The number of halogens is 1. The second kappa shape index (κ2) is 11.7. The molecular weight excluding hydrogens is 218 g/mol. The van der Waals surface area contributed by atoms with Crippen molar-refractivity contribution in [2.45, 2.75) is 71.8 Å². The Hall–Kier alpha value is 0.250. The van der Waals surface area contributed by atoms with Crippen LogP contribution in [0.1, 0.15) is 65.7 Å². The summed E-state index contributed by atoms with van der Waals surface area (Å²) in [5.74, 6) is 1.46. The van der Waals surface area contributed by atoms with E-state index >= 15 is 0 Å². The summed E-state index contributed by atoms with van der Waals surface area (Å²) in [5.41, 5.74) is 0. The smallest absolute Gasteiger partial charge is 0.0238 e. The van der Waals surface area contributed by atoms with Gasteiger partial charge in [-0.15, -0.1) is 11.6 Å². The first-order chi connectivity index (χ1) is 7.72. The molecule has 0 aliphatic carbocycles. The van der Waals surface area contributed by atoms with Crippen molar-refractivity contribution in [2.75, 3.05) is 12.4 Å². The fourth-order valence-electron chi connectivity index (χ4n) is 1.98. The van der Waals surface area contributed by atoms with Gasteiger partial charge in [0.25, 0.3) is 0 Å². The Morgan fingerprint density at radius 1 is 1.00 bits per heavy atom. The van der Waals surface area contributed by atoms with Gasteiger partial charge >= 0.3 is 0 Å². The molecule has 0 aromatic heterocycles. The summed E-state index contributed by atoms with van der Waals surface area (Å²) in [6.07, 6.45) is 9.32. The van der Waals surface area contributed by atoms with Crippen LogP contribution in [0.2, 0.25) is 0 Å². The summed E-state index contributed by atoms with van der Waals surface area (Å²) in [7, 11) is 0. The molecule has 98 valence electrons. The van der Waals surface area contributed by atoms with E-state index in [0.717, 1.165) is 18.8 Å². The third-order valence-corrected chi connectivity index (χ3v) is 3.38. The zero-order valence-electron chi connectivity index (χ0n) is 11.4. The molecule has 0 radical (unpaired) electrons. The second-order valence-electron chi connectivity index (χ2n) is 5.05. The summed E-state index contributed by atoms with van der Waals surface area (Å²) < 4.78 is 0. The Labute approximate surface area is 107 Å². The Kier molecular flexibility index (Phi) is 11.9. The van der Waals surface area contributed by atoms with Crippen LogP contribution in [0.3, 0.4) is 0 Å². The lowest BCUT2D eigenvalue weighted by atomic mass is 10.0. The molecule has 1 N–H and O–H groups in total. The third kappa shape index (κ3) is 9.47. The van der Waals surface area contributed by atoms with Crippen LogP contribution in [0.5, 0.6) is 0 Å². The second-order valence-corrected chi connectivity index (χ2v) is 5.43. The van der Waals surface area contributed by atoms with Gasteiger partial charge in [0.15, 0.2) is 0 Å². The molecule has 1 nitrogen and oxygen atoms in total. The lowest BCUT2D eigenvalue weighted by Crippen LogP contribution is -2.34. The summed E-state index contributed by atoms with van der Waals surface area (Å²) in [6.45, 7) is 7.96. The van der Waals surface area contributed by atoms with E-state index in [0.29, 0.717) is 12.0 Å². The molecule has 0 fully saturated rings. The number of alkyl halides is 1. The molecule has 1 unspecified atom stereocenters. The van der Waals surface area contributed by atoms with Crippen molar-refractivity contribution in [2.24, 2.45) is 5.92 Å². The van der Waals surface area contributed by atoms with E-state index in [2.05, 4.69) is 26.1 Å². The van der Waals surface area contributed by atoms with E-state index < -0.39 is 0 Å². The largest absolute Gasteiger partial charge is 0.314 e. The number of hydrogen-bond acceptors (Lipinski definition) is 1. The highest BCUT2D eigenvalue weighted by Gasteiger charge is 2.10. The van der Waals surface area contributed by atoms with Crippen molar-refractivity contribution in [3.05, 3.63) is 0 Å². The van der Waals surface area contributed by atoms with Crippen LogP contribution >= 0.6 is 11.6 Å². The average molecular weight is 248 g/mol. The Morgan fingerprint density at radius 2 is 1.62 bits per heavy atom. The molecule has 2 heteroatoms. The van der Waals surface area contributed by atoms with E-state index in [9.17, 15) is 0 Å². The molecule has 0 saturated carbocycles. The van der Waals surface area contributed by atoms with Gasteiger partial charge in [-0.3, -0.25) is 0 Å². The first-order valence-corrected chi connectivity index (χ1v) is 7.55. The van der Waals surface area contributed by atoms with Gasteiger partial charge in [0.2, 0.25) is 0 Å². The molecule has 0 aliphatic heterocycles. The van der Waals surface area contributed by atoms with E-state index in [1.54, 1.807) is 0 Å². The molecule has 0 aromatic carbocycles. The fraction of sp³-hybridized carbons (Fsp3) is 1.00. The molecule has 0 saturated heterocycles. The van der Waals surface area contributed by atoms with Crippen LogP contribution in [0, 0.1) is 5.92 Å². The summed E-state index contributed by atoms with van der Waals surface area (Å²) >= 11 is 5.80. The van der Waals surface area contributed by atoms with Gasteiger partial charge in [0.1, 0.15) is 0 Å². The highest BCUT2D eigenvalue weighted by molar-refractivity contribution is 6.17. The Balaban J connectivity index is 3.33. The summed E-state index contributed by atoms with van der Waals surface area (Å²) in [5, 5.41) is 3.63. The van der Waals surface area contributed by atoms with Crippen molar-refractivity contribution >= 4 is 11.6 Å². The molecule has 0 amide bonds. The molecule has 0 bridgehead atoms. The maximum atomic E-state index is 5.80. The third-order valence-electron chi connectivity index (χ3n) is 3.16. The highest BCUT2D eigenvalue weighted by atomic mass is 35.5.